The number of hydrogen-bond donors (Lipinski definition) is 0. The highest BCUT2D eigenvalue weighted by Gasteiger charge is 2.31. The van der Waals surface area contributed by atoms with Gasteiger partial charge in [0.25, 0.3) is 0 Å². The average molecular weight is 413 g/mol. The predicted octanol–water partition coefficient (Wildman–Crippen LogP) is 4.88. The molecule has 0 aliphatic rings. The normalized spacial score (nSPS) is 12.5. The monoisotopic (exact) mass is 412 g/mol. The molecule has 0 unspecified atom stereocenters. The van der Waals surface area contributed by atoms with E-state index in [0.29, 0.717) is 11.1 Å². The number of benzene rings is 2. The summed E-state index contributed by atoms with van der Waals surface area (Å²) >= 11 is 1.61. The van der Waals surface area contributed by atoms with Gasteiger partial charge in [-0.15, -0.1) is 0 Å². The van der Waals surface area contributed by atoms with Crippen molar-refractivity contribution in [3.8, 4) is 0 Å². The molecule has 0 radical (unpaired) electrons. The Morgan fingerprint density at radius 2 is 0.897 bits per heavy atom. The fourth-order valence-corrected chi connectivity index (χ4v) is 3.41. The lowest BCUT2D eigenvalue weighted by molar-refractivity contribution is 0.0750. The van der Waals surface area contributed by atoms with E-state index in [-0.39, 0.29) is 11.6 Å². The molecular formula is C24H32N2O2S. The molecule has 29 heavy (non-hydrogen) atoms. The van der Waals surface area contributed by atoms with Crippen LogP contribution in [0.5, 0.6) is 0 Å². The molecule has 0 spiro atoms. The summed E-state index contributed by atoms with van der Waals surface area (Å²) in [5, 5.41) is 0. The molecule has 2 aromatic rings. The summed E-state index contributed by atoms with van der Waals surface area (Å²) in [7, 11) is 7.65. The van der Waals surface area contributed by atoms with Crippen LogP contribution in [-0.4, -0.2) is 60.6 Å². The second kappa shape index (κ2) is 8.82. The van der Waals surface area contributed by atoms with Crippen molar-refractivity contribution in [2.75, 3.05) is 28.2 Å². The van der Waals surface area contributed by atoms with E-state index < -0.39 is 11.1 Å². The summed E-state index contributed by atoms with van der Waals surface area (Å²) in [6, 6.07) is 15.4. The third-order valence-electron chi connectivity index (χ3n) is 5.82. The van der Waals surface area contributed by atoms with Crippen LogP contribution in [0.2, 0.25) is 0 Å². The molecule has 0 saturated heterocycles. The molecule has 156 valence electrons. The van der Waals surface area contributed by atoms with Crippen molar-refractivity contribution in [3.05, 3.63) is 59.7 Å². The van der Waals surface area contributed by atoms with Gasteiger partial charge in [-0.25, -0.2) is 0 Å². The van der Waals surface area contributed by atoms with Gasteiger partial charge in [-0.2, -0.15) is 0 Å². The predicted molar refractivity (Wildman–Crippen MR) is 121 cm³/mol. The minimum atomic E-state index is -0.544. The summed E-state index contributed by atoms with van der Waals surface area (Å²) in [4.78, 5) is 31.4. The van der Waals surface area contributed by atoms with E-state index in [1.165, 1.54) is 0 Å². The van der Waals surface area contributed by atoms with Crippen molar-refractivity contribution in [2.24, 2.45) is 0 Å². The number of hydrogen-bond acceptors (Lipinski definition) is 5. The van der Waals surface area contributed by atoms with Crippen molar-refractivity contribution < 1.29 is 9.59 Å². The van der Waals surface area contributed by atoms with E-state index in [0.717, 1.165) is 9.79 Å². The van der Waals surface area contributed by atoms with E-state index in [9.17, 15) is 9.59 Å². The van der Waals surface area contributed by atoms with Gasteiger partial charge in [0, 0.05) is 20.9 Å². The van der Waals surface area contributed by atoms with Crippen molar-refractivity contribution in [2.45, 2.75) is 48.6 Å². The number of carbonyl (C=O) groups is 2. The molecule has 5 heteroatoms. The maximum absolute atomic E-state index is 12.7. The van der Waals surface area contributed by atoms with Crippen molar-refractivity contribution in [1.29, 1.82) is 0 Å². The molecule has 0 saturated carbocycles. The molecule has 2 aromatic carbocycles. The van der Waals surface area contributed by atoms with Crippen LogP contribution < -0.4 is 0 Å². The molecule has 0 aromatic heterocycles. The van der Waals surface area contributed by atoms with Crippen LogP contribution >= 0.6 is 11.8 Å². The van der Waals surface area contributed by atoms with Gasteiger partial charge in [-0.3, -0.25) is 19.4 Å². The van der Waals surface area contributed by atoms with Crippen molar-refractivity contribution in [1.82, 2.24) is 9.80 Å². The number of ketones is 2. The second-order valence-corrected chi connectivity index (χ2v) is 9.86. The van der Waals surface area contributed by atoms with E-state index in [1.807, 2.05) is 114 Å². The molecule has 0 aliphatic carbocycles. The highest BCUT2D eigenvalue weighted by atomic mass is 32.2. The number of Topliss-reactive ketones (excluding diaryl/α,β-unsaturated/α-hetero) is 2. The SMILES string of the molecule is CN(C)C(C)(C)C(=O)c1ccc(Sc2ccc(C(=O)C(C)(C)N(C)C)cc2)cc1. The molecule has 2 rings (SSSR count). The van der Waals surface area contributed by atoms with Crippen LogP contribution in [0.25, 0.3) is 0 Å². The minimum Gasteiger partial charge on any atom is -0.297 e. The van der Waals surface area contributed by atoms with Gasteiger partial charge >= 0.3 is 0 Å². The lowest BCUT2D eigenvalue weighted by Gasteiger charge is -2.31. The lowest BCUT2D eigenvalue weighted by atomic mass is 9.92. The first-order valence-corrected chi connectivity index (χ1v) is 10.5. The Hall–Kier alpha value is -1.95. The zero-order valence-corrected chi connectivity index (χ0v) is 19.6. The van der Waals surface area contributed by atoms with Gasteiger partial charge in [0.1, 0.15) is 0 Å². The molecule has 0 bridgehead atoms. The molecule has 0 N–H and O–H groups in total. The van der Waals surface area contributed by atoms with Gasteiger partial charge in [0.15, 0.2) is 11.6 Å². The molecule has 0 aliphatic heterocycles. The quantitative estimate of drug-likeness (QED) is 0.578. The van der Waals surface area contributed by atoms with E-state index in [2.05, 4.69) is 0 Å². The molecule has 0 atom stereocenters. The lowest BCUT2D eigenvalue weighted by Crippen LogP contribution is -2.45. The maximum Gasteiger partial charge on any atom is 0.182 e. The smallest absolute Gasteiger partial charge is 0.182 e. The Morgan fingerprint density at radius 3 is 1.14 bits per heavy atom. The molecule has 0 heterocycles. The van der Waals surface area contributed by atoms with Crippen molar-refractivity contribution >= 4 is 23.3 Å². The summed E-state index contributed by atoms with van der Waals surface area (Å²) in [6.07, 6.45) is 0. The van der Waals surface area contributed by atoms with Gasteiger partial charge in [-0.05, 0) is 80.2 Å². The first-order valence-electron chi connectivity index (χ1n) is 9.70. The Bertz CT molecular complexity index is 793. The Morgan fingerprint density at radius 1 is 0.621 bits per heavy atom. The molecule has 0 fully saturated rings. The van der Waals surface area contributed by atoms with Crippen LogP contribution in [-0.2, 0) is 0 Å². The minimum absolute atomic E-state index is 0.102. The van der Waals surface area contributed by atoms with Crippen LogP contribution in [0, 0.1) is 0 Å². The summed E-state index contributed by atoms with van der Waals surface area (Å²) in [6.45, 7) is 7.72. The highest BCUT2D eigenvalue weighted by Crippen LogP contribution is 2.29. The molecule has 4 nitrogen and oxygen atoms in total. The van der Waals surface area contributed by atoms with Crippen molar-refractivity contribution in [3.63, 3.8) is 0 Å². The first kappa shape index (κ1) is 23.3. The van der Waals surface area contributed by atoms with Gasteiger partial charge < -0.3 is 0 Å². The Balaban J connectivity index is 2.11. The standard InChI is InChI=1S/C24H32N2O2S/c1-23(2,25(5)6)21(27)17-9-13-19(14-10-17)29-20-15-11-18(12-16-20)22(28)24(3,4)26(7)8/h9-16H,1-8H3. The van der Waals surface area contributed by atoms with Crippen LogP contribution in [0.15, 0.2) is 58.3 Å². The van der Waals surface area contributed by atoms with Crippen LogP contribution in [0.3, 0.4) is 0 Å². The number of carbonyl (C=O) groups excluding carboxylic acids is 2. The second-order valence-electron chi connectivity index (χ2n) is 8.72. The zero-order chi connectivity index (χ0) is 22.0. The van der Waals surface area contributed by atoms with Gasteiger partial charge in [0.2, 0.25) is 0 Å². The largest absolute Gasteiger partial charge is 0.297 e. The Kier molecular flexibility index (Phi) is 7.10. The maximum atomic E-state index is 12.7. The fraction of sp³-hybridized carbons (Fsp3) is 0.417. The summed E-state index contributed by atoms with van der Waals surface area (Å²) in [5.41, 5.74) is 0.328. The van der Waals surface area contributed by atoms with E-state index in [1.54, 1.807) is 11.8 Å². The van der Waals surface area contributed by atoms with E-state index in [4.69, 9.17) is 0 Å². The number of likely N-dealkylation sites (N-methyl/N-ethyl adjacent to an activating group) is 2. The van der Waals surface area contributed by atoms with Crippen LogP contribution in [0.4, 0.5) is 0 Å². The average Bonchev–Trinajstić information content (AvgIpc) is 2.67. The third-order valence-corrected chi connectivity index (χ3v) is 6.83. The topological polar surface area (TPSA) is 40.6 Å². The Labute approximate surface area is 179 Å². The zero-order valence-electron chi connectivity index (χ0n) is 18.7. The van der Waals surface area contributed by atoms with Gasteiger partial charge in [-0.1, -0.05) is 36.0 Å². The number of nitrogens with zero attached hydrogens (tertiary/aromatic N) is 2. The highest BCUT2D eigenvalue weighted by molar-refractivity contribution is 7.99. The van der Waals surface area contributed by atoms with E-state index >= 15 is 0 Å². The molecular weight excluding hydrogens is 380 g/mol. The van der Waals surface area contributed by atoms with Gasteiger partial charge in [0.05, 0.1) is 11.1 Å². The fourth-order valence-electron chi connectivity index (χ4n) is 2.60. The summed E-state index contributed by atoms with van der Waals surface area (Å²) in [5.74, 6) is 0.204. The third kappa shape index (κ3) is 5.16. The van der Waals surface area contributed by atoms with Crippen LogP contribution in [0.1, 0.15) is 48.4 Å². The first-order chi connectivity index (χ1) is 13.4. The molecule has 0 amide bonds. The summed E-state index contributed by atoms with van der Waals surface area (Å²) < 4.78 is 0. The number of rotatable bonds is 8.